The van der Waals surface area contributed by atoms with E-state index in [1.807, 2.05) is 0 Å². The molecule has 1 aromatic rings. The van der Waals surface area contributed by atoms with Gasteiger partial charge in [0.1, 0.15) is 5.82 Å². The predicted molar refractivity (Wildman–Crippen MR) is 50.7 cm³/mol. The van der Waals surface area contributed by atoms with Crippen molar-refractivity contribution in [3.05, 3.63) is 40.8 Å². The van der Waals surface area contributed by atoms with Crippen LogP contribution in [0.5, 0.6) is 0 Å². The number of carbonyl (C=O) groups is 1. The number of hydrogen-bond acceptors (Lipinski definition) is 1. The van der Waals surface area contributed by atoms with Gasteiger partial charge in [-0.05, 0) is 34.1 Å². The van der Waals surface area contributed by atoms with Crippen LogP contribution in [0.15, 0.2) is 34.9 Å². The normalized spacial score (nSPS) is 14.6. The Morgan fingerprint density at radius 2 is 2.15 bits per heavy atom. The lowest BCUT2D eigenvalue weighted by Crippen LogP contribution is -2.31. The number of carbonyl (C=O) groups excluding carboxylic acids is 1. The second-order valence-corrected chi connectivity index (χ2v) is 3.47. The Hall–Kier alpha value is -1.16. The van der Waals surface area contributed by atoms with Crippen molar-refractivity contribution < 1.29 is 9.18 Å². The Labute approximate surface area is 82.8 Å². The smallest absolute Gasteiger partial charge is 0.256 e. The summed E-state index contributed by atoms with van der Waals surface area (Å²) < 4.78 is 13.3. The molecule has 4 heteroatoms. The van der Waals surface area contributed by atoms with Gasteiger partial charge in [0.2, 0.25) is 0 Å². The minimum atomic E-state index is -0.326. The summed E-state index contributed by atoms with van der Waals surface area (Å²) >= 11 is 3.18. The van der Waals surface area contributed by atoms with Gasteiger partial charge in [-0.1, -0.05) is 0 Å². The van der Waals surface area contributed by atoms with Crippen molar-refractivity contribution in [3.63, 3.8) is 0 Å². The quantitative estimate of drug-likeness (QED) is 0.740. The molecule has 0 aromatic heterocycles. The molecule has 1 heterocycles. The second-order valence-electron chi connectivity index (χ2n) is 2.62. The molecule has 2 nitrogen and oxygen atoms in total. The van der Waals surface area contributed by atoms with Gasteiger partial charge in [-0.15, -0.1) is 0 Å². The number of hydrogen-bond donors (Lipinski definition) is 0. The van der Waals surface area contributed by atoms with Crippen LogP contribution in [0.3, 0.4) is 0 Å². The topological polar surface area (TPSA) is 20.3 Å². The number of nitrogens with zero attached hydrogens (tertiary/aromatic N) is 1. The van der Waals surface area contributed by atoms with E-state index >= 15 is 0 Å². The molecule has 2 rings (SSSR count). The third-order valence-electron chi connectivity index (χ3n) is 1.77. The van der Waals surface area contributed by atoms with E-state index in [-0.39, 0.29) is 11.7 Å². The minimum Gasteiger partial charge on any atom is -0.283 e. The van der Waals surface area contributed by atoms with E-state index in [2.05, 4.69) is 15.9 Å². The molecule has 0 unspecified atom stereocenters. The zero-order valence-corrected chi connectivity index (χ0v) is 8.08. The van der Waals surface area contributed by atoms with Gasteiger partial charge in [0.25, 0.3) is 5.91 Å². The molecule has 0 bridgehead atoms. The number of amides is 1. The highest BCUT2D eigenvalue weighted by Crippen LogP contribution is 2.29. The van der Waals surface area contributed by atoms with Gasteiger partial charge < -0.3 is 0 Å². The molecule has 1 amide bonds. The second kappa shape index (κ2) is 2.96. The predicted octanol–water partition coefficient (Wildman–Crippen LogP) is 2.45. The summed E-state index contributed by atoms with van der Waals surface area (Å²) in [5.74, 6) is -0.417. The van der Waals surface area contributed by atoms with E-state index in [0.717, 1.165) is 0 Å². The maximum absolute atomic E-state index is 12.7. The molecular formula is C9H5BrFNO. The molecule has 0 N–H and O–H groups in total. The highest BCUT2D eigenvalue weighted by Gasteiger charge is 2.20. The zero-order chi connectivity index (χ0) is 9.42. The van der Waals surface area contributed by atoms with Crippen LogP contribution in [0.2, 0.25) is 0 Å². The van der Waals surface area contributed by atoms with Crippen molar-refractivity contribution in [1.29, 1.82) is 0 Å². The van der Waals surface area contributed by atoms with Crippen molar-refractivity contribution in [2.75, 3.05) is 4.90 Å². The highest BCUT2D eigenvalue weighted by atomic mass is 79.9. The van der Waals surface area contributed by atoms with E-state index in [0.29, 0.717) is 10.2 Å². The zero-order valence-electron chi connectivity index (χ0n) is 6.50. The third-order valence-corrected chi connectivity index (χ3v) is 2.41. The van der Waals surface area contributed by atoms with Gasteiger partial charge in [-0.3, -0.25) is 9.69 Å². The molecule has 0 aliphatic carbocycles. The fraction of sp³-hybridized carbons (Fsp3) is 0. The average Bonchev–Trinajstić information content (AvgIpc) is 2.07. The van der Waals surface area contributed by atoms with E-state index in [1.165, 1.54) is 23.1 Å². The van der Waals surface area contributed by atoms with E-state index in [9.17, 15) is 9.18 Å². The lowest BCUT2D eigenvalue weighted by Gasteiger charge is -2.23. The molecule has 0 radical (unpaired) electrons. The first-order valence-corrected chi connectivity index (χ1v) is 4.44. The number of benzene rings is 1. The van der Waals surface area contributed by atoms with Crippen molar-refractivity contribution in [2.24, 2.45) is 0 Å². The summed E-state index contributed by atoms with van der Waals surface area (Å²) in [6, 6.07) is 4.20. The molecule has 1 aliphatic rings. The summed E-state index contributed by atoms with van der Waals surface area (Å²) in [7, 11) is 0. The van der Waals surface area contributed by atoms with Crippen LogP contribution in [0.1, 0.15) is 0 Å². The first-order chi connectivity index (χ1) is 6.18. The Balaban J connectivity index is 2.41. The average molecular weight is 242 g/mol. The summed E-state index contributed by atoms with van der Waals surface area (Å²) in [6.07, 6.45) is 3.09. The van der Waals surface area contributed by atoms with Crippen molar-refractivity contribution in [3.8, 4) is 0 Å². The minimum absolute atomic E-state index is 0.0905. The van der Waals surface area contributed by atoms with Crippen LogP contribution < -0.4 is 4.90 Å². The monoisotopic (exact) mass is 241 g/mol. The summed E-state index contributed by atoms with van der Waals surface area (Å²) in [5, 5.41) is 0. The van der Waals surface area contributed by atoms with Gasteiger partial charge in [0.05, 0.1) is 5.69 Å². The molecule has 1 aliphatic heterocycles. The Bertz CT molecular complexity index is 403. The van der Waals surface area contributed by atoms with Crippen LogP contribution in [0.25, 0.3) is 0 Å². The molecule has 0 fully saturated rings. The van der Waals surface area contributed by atoms with Gasteiger partial charge in [0, 0.05) is 16.7 Å². The summed E-state index contributed by atoms with van der Waals surface area (Å²) in [4.78, 5) is 12.4. The lowest BCUT2D eigenvalue weighted by atomic mass is 10.2. The highest BCUT2D eigenvalue weighted by molar-refractivity contribution is 9.10. The summed E-state index contributed by atoms with van der Waals surface area (Å²) in [6.45, 7) is 0. The fourth-order valence-corrected chi connectivity index (χ4v) is 1.63. The largest absolute Gasteiger partial charge is 0.283 e. The number of anilines is 1. The number of halogens is 2. The van der Waals surface area contributed by atoms with Crippen molar-refractivity contribution in [1.82, 2.24) is 0 Å². The van der Waals surface area contributed by atoms with Gasteiger partial charge >= 0.3 is 0 Å². The third kappa shape index (κ3) is 1.37. The SMILES string of the molecule is O=C1C=CN1c1ccc(F)cc1Br. The fourth-order valence-electron chi connectivity index (χ4n) is 1.09. The van der Waals surface area contributed by atoms with Crippen LogP contribution in [-0.2, 0) is 4.79 Å². The first-order valence-electron chi connectivity index (χ1n) is 3.65. The van der Waals surface area contributed by atoms with E-state index < -0.39 is 0 Å². The van der Waals surface area contributed by atoms with Crippen LogP contribution >= 0.6 is 15.9 Å². The standard InChI is InChI=1S/C9H5BrFNO/c10-7-5-6(11)1-2-8(7)12-4-3-9(12)13/h1-5H. The molecule has 0 saturated heterocycles. The first kappa shape index (κ1) is 8.44. The molecule has 0 saturated carbocycles. The number of rotatable bonds is 1. The van der Waals surface area contributed by atoms with Gasteiger partial charge in [0.15, 0.2) is 0 Å². The van der Waals surface area contributed by atoms with E-state index in [4.69, 9.17) is 0 Å². The van der Waals surface area contributed by atoms with E-state index in [1.54, 1.807) is 12.3 Å². The molecule has 66 valence electrons. The Morgan fingerprint density at radius 1 is 1.38 bits per heavy atom. The molecule has 13 heavy (non-hydrogen) atoms. The van der Waals surface area contributed by atoms with Gasteiger partial charge in [-0.2, -0.15) is 0 Å². The van der Waals surface area contributed by atoms with Gasteiger partial charge in [-0.25, -0.2) is 4.39 Å². The van der Waals surface area contributed by atoms with Crippen LogP contribution in [-0.4, -0.2) is 5.91 Å². The molecule has 0 atom stereocenters. The van der Waals surface area contributed by atoms with Crippen molar-refractivity contribution in [2.45, 2.75) is 0 Å². The molecule has 1 aromatic carbocycles. The Morgan fingerprint density at radius 3 is 2.62 bits per heavy atom. The molecule has 0 spiro atoms. The molecular weight excluding hydrogens is 237 g/mol. The maximum Gasteiger partial charge on any atom is 0.256 e. The van der Waals surface area contributed by atoms with Crippen LogP contribution in [0.4, 0.5) is 10.1 Å². The Kier molecular flexibility index (Phi) is 1.92. The maximum atomic E-state index is 12.7. The summed E-state index contributed by atoms with van der Waals surface area (Å²) in [5.41, 5.74) is 0.661. The van der Waals surface area contributed by atoms with Crippen LogP contribution in [0, 0.1) is 5.82 Å². The lowest BCUT2D eigenvalue weighted by molar-refractivity contribution is -0.114. The van der Waals surface area contributed by atoms with Crippen molar-refractivity contribution >= 4 is 27.5 Å².